The molecular weight excluding hydrogens is 544 g/mol. The Morgan fingerprint density at radius 3 is 2.52 bits per heavy atom. The molecule has 0 saturated carbocycles. The lowest BCUT2D eigenvalue weighted by molar-refractivity contribution is -0.115. The normalized spacial score (nSPS) is 13.6. The van der Waals surface area contributed by atoms with Gasteiger partial charge in [-0.05, 0) is 76.9 Å². The summed E-state index contributed by atoms with van der Waals surface area (Å²) in [6.45, 7) is 10.0. The maximum Gasteiger partial charge on any atom is 0.410 e. The van der Waals surface area contributed by atoms with Gasteiger partial charge in [-0.15, -0.1) is 23.1 Å². The second kappa shape index (κ2) is 12.1. The van der Waals surface area contributed by atoms with E-state index in [1.807, 2.05) is 58.0 Å². The molecule has 0 aliphatic carbocycles. The molecule has 0 radical (unpaired) electrons. The summed E-state index contributed by atoms with van der Waals surface area (Å²) in [5.41, 5.74) is 3.02. The van der Waals surface area contributed by atoms with Crippen LogP contribution in [0.5, 0.6) is 0 Å². The molecule has 2 N–H and O–H groups in total. The van der Waals surface area contributed by atoms with Crippen molar-refractivity contribution in [1.29, 1.82) is 5.26 Å². The lowest BCUT2D eigenvalue weighted by atomic mass is 10.0. The zero-order valence-corrected chi connectivity index (χ0v) is 24.8. The Labute approximate surface area is 242 Å². The van der Waals surface area contributed by atoms with Crippen LogP contribution in [0.3, 0.4) is 0 Å². The summed E-state index contributed by atoms with van der Waals surface area (Å²) < 4.78 is 5.50. The van der Waals surface area contributed by atoms with Gasteiger partial charge in [0.15, 0.2) is 0 Å². The number of aryl methyl sites for hydroxylation is 1. The van der Waals surface area contributed by atoms with Crippen LogP contribution in [0.25, 0.3) is 0 Å². The third-order valence-electron chi connectivity index (χ3n) is 6.14. The number of thiophene rings is 1. The molecule has 40 heavy (non-hydrogen) atoms. The first kappa shape index (κ1) is 29.2. The Kier molecular flexibility index (Phi) is 8.86. The molecule has 3 aromatic rings. The second-order valence-electron chi connectivity index (χ2n) is 10.6. The Hall–Kier alpha value is -3.81. The predicted octanol–water partition coefficient (Wildman–Crippen LogP) is 6.59. The number of amides is 3. The van der Waals surface area contributed by atoms with E-state index in [-0.39, 0.29) is 11.8 Å². The van der Waals surface area contributed by atoms with Gasteiger partial charge in [-0.1, -0.05) is 23.8 Å². The molecular formula is C30H32N4O4S2. The molecule has 1 atom stereocenters. The molecule has 0 bridgehead atoms. The zero-order chi connectivity index (χ0) is 29.0. The van der Waals surface area contributed by atoms with E-state index in [0.717, 1.165) is 20.9 Å². The van der Waals surface area contributed by atoms with Crippen molar-refractivity contribution >= 4 is 51.7 Å². The van der Waals surface area contributed by atoms with E-state index in [1.54, 1.807) is 30.0 Å². The van der Waals surface area contributed by atoms with Crippen molar-refractivity contribution in [3.63, 3.8) is 0 Å². The molecule has 3 amide bonds. The van der Waals surface area contributed by atoms with Crippen molar-refractivity contribution in [3.05, 3.63) is 75.7 Å². The number of hydrogen-bond donors (Lipinski definition) is 2. The minimum absolute atomic E-state index is 0.205. The van der Waals surface area contributed by atoms with Gasteiger partial charge < -0.3 is 20.3 Å². The largest absolute Gasteiger partial charge is 0.444 e. The number of fused-ring (bicyclic) bond motifs is 1. The Morgan fingerprint density at radius 1 is 1.12 bits per heavy atom. The number of benzene rings is 2. The molecule has 0 fully saturated rings. The van der Waals surface area contributed by atoms with E-state index in [4.69, 9.17) is 4.74 Å². The summed E-state index contributed by atoms with van der Waals surface area (Å²) in [7, 11) is 0. The number of nitriles is 1. The smallest absolute Gasteiger partial charge is 0.410 e. The number of carbonyl (C=O) groups is 3. The molecule has 1 aromatic heterocycles. The van der Waals surface area contributed by atoms with Crippen molar-refractivity contribution in [2.24, 2.45) is 0 Å². The van der Waals surface area contributed by atoms with Crippen molar-refractivity contribution < 1.29 is 19.1 Å². The van der Waals surface area contributed by atoms with Gasteiger partial charge in [0.25, 0.3) is 5.91 Å². The summed E-state index contributed by atoms with van der Waals surface area (Å²) >= 11 is 2.68. The maximum atomic E-state index is 13.1. The molecule has 1 aliphatic heterocycles. The first-order valence-electron chi connectivity index (χ1n) is 12.9. The lowest BCUT2D eigenvalue weighted by Gasteiger charge is -2.29. The number of carbonyl (C=O) groups excluding carboxylic acids is 3. The third-order valence-corrected chi connectivity index (χ3v) is 8.37. The van der Waals surface area contributed by atoms with E-state index < -0.39 is 16.9 Å². The summed E-state index contributed by atoms with van der Waals surface area (Å²) in [6, 6.07) is 16.9. The molecule has 10 heteroatoms. The maximum absolute atomic E-state index is 13.1. The molecule has 0 spiro atoms. The molecule has 1 unspecified atom stereocenters. The average Bonchev–Trinajstić information content (AvgIpc) is 3.24. The number of nitrogens with one attached hydrogen (secondary N) is 2. The fourth-order valence-corrected chi connectivity index (χ4v) is 6.26. The van der Waals surface area contributed by atoms with Crippen LogP contribution in [0.1, 0.15) is 59.6 Å². The minimum Gasteiger partial charge on any atom is -0.444 e. The van der Waals surface area contributed by atoms with Gasteiger partial charge in [0.2, 0.25) is 5.91 Å². The highest BCUT2D eigenvalue weighted by molar-refractivity contribution is 8.00. The van der Waals surface area contributed by atoms with Gasteiger partial charge in [-0.25, -0.2) is 4.79 Å². The zero-order valence-electron chi connectivity index (χ0n) is 23.2. The van der Waals surface area contributed by atoms with Crippen LogP contribution in [0.2, 0.25) is 0 Å². The standard InChI is InChI=1S/C30H32N4O4S2/c1-18-9-11-20(12-10-18)27(36)32-21-7-6-8-22(15-21)39-19(2)26(35)33-28-24(16-31)23-13-14-34(17-25(23)40-28)29(37)38-30(3,4)5/h6-12,15,19H,13-14,17H2,1-5H3,(H,32,36)(H,33,35). The van der Waals surface area contributed by atoms with Gasteiger partial charge in [-0.3, -0.25) is 9.59 Å². The van der Waals surface area contributed by atoms with Crippen LogP contribution in [-0.2, 0) is 22.5 Å². The van der Waals surface area contributed by atoms with Crippen LogP contribution in [0.4, 0.5) is 15.5 Å². The topological polar surface area (TPSA) is 112 Å². The fourth-order valence-electron chi connectivity index (χ4n) is 4.12. The molecule has 2 aromatic carbocycles. The number of nitrogens with zero attached hydrogens (tertiary/aromatic N) is 2. The van der Waals surface area contributed by atoms with Crippen LogP contribution in [-0.4, -0.2) is 40.2 Å². The van der Waals surface area contributed by atoms with E-state index in [2.05, 4.69) is 16.7 Å². The summed E-state index contributed by atoms with van der Waals surface area (Å²) in [5.74, 6) is -0.443. The van der Waals surface area contributed by atoms with Crippen molar-refractivity contribution in [2.45, 2.75) is 63.3 Å². The van der Waals surface area contributed by atoms with Gasteiger partial charge in [0.1, 0.15) is 16.7 Å². The first-order chi connectivity index (χ1) is 18.9. The molecule has 1 aliphatic rings. The summed E-state index contributed by atoms with van der Waals surface area (Å²) in [4.78, 5) is 41.6. The van der Waals surface area contributed by atoms with Gasteiger partial charge in [0, 0.05) is 27.6 Å². The van der Waals surface area contributed by atoms with E-state index in [0.29, 0.717) is 41.3 Å². The fraction of sp³-hybridized carbons (Fsp3) is 0.333. The summed E-state index contributed by atoms with van der Waals surface area (Å²) in [6.07, 6.45) is 0.132. The molecule has 0 saturated heterocycles. The highest BCUT2D eigenvalue weighted by atomic mass is 32.2. The van der Waals surface area contributed by atoms with Crippen molar-refractivity contribution in [3.8, 4) is 6.07 Å². The van der Waals surface area contributed by atoms with Crippen LogP contribution in [0, 0.1) is 18.3 Å². The van der Waals surface area contributed by atoms with Crippen molar-refractivity contribution in [2.75, 3.05) is 17.2 Å². The number of anilines is 2. The number of rotatable bonds is 6. The third kappa shape index (κ3) is 7.23. The first-order valence-corrected chi connectivity index (χ1v) is 14.6. The molecule has 2 heterocycles. The monoisotopic (exact) mass is 576 g/mol. The Balaban J connectivity index is 1.40. The van der Waals surface area contributed by atoms with Gasteiger partial charge >= 0.3 is 6.09 Å². The van der Waals surface area contributed by atoms with Crippen molar-refractivity contribution in [1.82, 2.24) is 4.90 Å². The number of thioether (sulfide) groups is 1. The van der Waals surface area contributed by atoms with E-state index >= 15 is 0 Å². The van der Waals surface area contributed by atoms with Crippen LogP contribution < -0.4 is 10.6 Å². The van der Waals surface area contributed by atoms with Gasteiger partial charge in [0.05, 0.1) is 17.4 Å². The Bertz CT molecular complexity index is 1470. The van der Waals surface area contributed by atoms with Crippen LogP contribution >= 0.6 is 23.1 Å². The molecule has 4 rings (SSSR count). The average molecular weight is 577 g/mol. The predicted molar refractivity (Wildman–Crippen MR) is 159 cm³/mol. The van der Waals surface area contributed by atoms with Crippen LogP contribution in [0.15, 0.2) is 53.4 Å². The summed E-state index contributed by atoms with van der Waals surface area (Å²) in [5, 5.41) is 15.7. The highest BCUT2D eigenvalue weighted by Gasteiger charge is 2.30. The van der Waals surface area contributed by atoms with E-state index in [9.17, 15) is 19.6 Å². The second-order valence-corrected chi connectivity index (χ2v) is 13.1. The Morgan fingerprint density at radius 2 is 1.85 bits per heavy atom. The SMILES string of the molecule is Cc1ccc(C(=O)Nc2cccc(SC(C)C(=O)Nc3sc4c(c3C#N)CCN(C(=O)OC(C)(C)C)C4)c2)cc1. The minimum atomic E-state index is -0.593. The highest BCUT2D eigenvalue weighted by Crippen LogP contribution is 2.37. The molecule has 208 valence electrons. The number of ether oxygens (including phenoxy) is 1. The van der Waals surface area contributed by atoms with Gasteiger partial charge in [-0.2, -0.15) is 5.26 Å². The molecule has 8 nitrogen and oxygen atoms in total. The lowest BCUT2D eigenvalue weighted by Crippen LogP contribution is -2.39. The number of hydrogen-bond acceptors (Lipinski definition) is 7. The quantitative estimate of drug-likeness (QED) is 0.320. The van der Waals surface area contributed by atoms with E-state index in [1.165, 1.54) is 23.1 Å².